The number of nitrogens with one attached hydrogen (secondary N) is 2. The third-order valence-electron chi connectivity index (χ3n) is 3.66. The molecular formula is C15H25N3O. The molecule has 1 aromatic carbocycles. The van der Waals surface area contributed by atoms with Crippen LogP contribution < -0.4 is 21.3 Å². The van der Waals surface area contributed by atoms with Crippen molar-refractivity contribution in [3.05, 3.63) is 29.8 Å². The van der Waals surface area contributed by atoms with Crippen molar-refractivity contribution >= 4 is 0 Å². The summed E-state index contributed by atoms with van der Waals surface area (Å²) in [6.45, 7) is 7.93. The Balaban J connectivity index is 1.99. The SMILES string of the molecule is CC(C)COc1ccc(C2NNC(CN)C2C)cc1. The van der Waals surface area contributed by atoms with Gasteiger partial charge >= 0.3 is 0 Å². The summed E-state index contributed by atoms with van der Waals surface area (Å²) in [6, 6.07) is 8.99. The molecule has 4 nitrogen and oxygen atoms in total. The van der Waals surface area contributed by atoms with E-state index in [-0.39, 0.29) is 0 Å². The lowest BCUT2D eigenvalue weighted by molar-refractivity contribution is 0.271. The lowest BCUT2D eigenvalue weighted by atomic mass is 9.91. The van der Waals surface area contributed by atoms with E-state index in [1.165, 1.54) is 5.56 Å². The molecule has 1 heterocycles. The second-order valence-corrected chi connectivity index (χ2v) is 5.74. The average Bonchev–Trinajstić information content (AvgIpc) is 2.78. The van der Waals surface area contributed by atoms with Crippen LogP contribution in [0, 0.1) is 11.8 Å². The van der Waals surface area contributed by atoms with Crippen molar-refractivity contribution in [3.63, 3.8) is 0 Å². The quantitative estimate of drug-likeness (QED) is 0.758. The molecule has 1 aliphatic heterocycles. The summed E-state index contributed by atoms with van der Waals surface area (Å²) in [4.78, 5) is 0. The van der Waals surface area contributed by atoms with Gasteiger partial charge in [0.15, 0.2) is 0 Å². The molecule has 19 heavy (non-hydrogen) atoms. The Morgan fingerprint density at radius 3 is 2.42 bits per heavy atom. The van der Waals surface area contributed by atoms with Gasteiger partial charge in [-0.2, -0.15) is 0 Å². The maximum absolute atomic E-state index is 5.73. The van der Waals surface area contributed by atoms with E-state index in [2.05, 4.69) is 43.8 Å². The summed E-state index contributed by atoms with van der Waals surface area (Å²) < 4.78 is 5.70. The summed E-state index contributed by atoms with van der Waals surface area (Å²) in [5.74, 6) is 1.96. The first-order chi connectivity index (χ1) is 9.11. The number of nitrogens with two attached hydrogens (primary N) is 1. The Kier molecular flexibility index (Phi) is 4.80. The summed E-state index contributed by atoms with van der Waals surface area (Å²) in [7, 11) is 0. The van der Waals surface area contributed by atoms with Crippen molar-refractivity contribution in [3.8, 4) is 5.75 Å². The molecule has 1 fully saturated rings. The highest BCUT2D eigenvalue weighted by Crippen LogP contribution is 2.29. The smallest absolute Gasteiger partial charge is 0.119 e. The van der Waals surface area contributed by atoms with Crippen LogP contribution >= 0.6 is 0 Å². The zero-order valence-corrected chi connectivity index (χ0v) is 12.0. The van der Waals surface area contributed by atoms with Crippen molar-refractivity contribution in [1.82, 2.24) is 10.9 Å². The molecule has 3 unspecified atom stereocenters. The van der Waals surface area contributed by atoms with Crippen molar-refractivity contribution in [2.45, 2.75) is 32.9 Å². The first-order valence-corrected chi connectivity index (χ1v) is 7.05. The van der Waals surface area contributed by atoms with Gasteiger partial charge in [-0.15, -0.1) is 0 Å². The van der Waals surface area contributed by atoms with Crippen LogP contribution in [0.3, 0.4) is 0 Å². The molecule has 0 bridgehead atoms. The van der Waals surface area contributed by atoms with E-state index in [1.54, 1.807) is 0 Å². The van der Waals surface area contributed by atoms with Crippen LogP contribution in [0.4, 0.5) is 0 Å². The standard InChI is InChI=1S/C15H25N3O/c1-10(2)9-19-13-6-4-12(5-7-13)15-11(3)14(8-16)17-18-15/h4-7,10-11,14-15,17-18H,8-9,16H2,1-3H3. The molecule has 4 N–H and O–H groups in total. The van der Waals surface area contributed by atoms with Gasteiger partial charge in [0.2, 0.25) is 0 Å². The van der Waals surface area contributed by atoms with Crippen molar-refractivity contribution in [1.29, 1.82) is 0 Å². The number of rotatable bonds is 5. The molecule has 0 radical (unpaired) electrons. The lowest BCUT2D eigenvalue weighted by Gasteiger charge is -2.18. The molecule has 106 valence electrons. The van der Waals surface area contributed by atoms with Crippen LogP contribution in [0.25, 0.3) is 0 Å². The molecule has 0 amide bonds. The average molecular weight is 263 g/mol. The fraction of sp³-hybridized carbons (Fsp3) is 0.600. The second kappa shape index (κ2) is 6.37. The van der Waals surface area contributed by atoms with Crippen molar-refractivity contribution < 1.29 is 4.74 Å². The van der Waals surface area contributed by atoms with E-state index in [9.17, 15) is 0 Å². The molecule has 3 atom stereocenters. The normalized spacial score (nSPS) is 26.9. The third kappa shape index (κ3) is 3.47. The fourth-order valence-corrected chi connectivity index (χ4v) is 2.39. The maximum atomic E-state index is 5.73. The lowest BCUT2D eigenvalue weighted by Crippen LogP contribution is -2.37. The first kappa shape index (κ1) is 14.3. The predicted octanol–water partition coefficient (Wildman–Crippen LogP) is 1.83. The number of hydrogen-bond donors (Lipinski definition) is 3. The number of hydrazine groups is 1. The summed E-state index contributed by atoms with van der Waals surface area (Å²) in [6.07, 6.45) is 0. The van der Waals surface area contributed by atoms with Crippen LogP contribution in [0.2, 0.25) is 0 Å². The molecule has 0 saturated carbocycles. The second-order valence-electron chi connectivity index (χ2n) is 5.74. The van der Waals surface area contributed by atoms with Crippen LogP contribution in [-0.4, -0.2) is 19.2 Å². The van der Waals surface area contributed by atoms with Gasteiger partial charge in [0.1, 0.15) is 5.75 Å². The molecular weight excluding hydrogens is 238 g/mol. The van der Waals surface area contributed by atoms with Gasteiger partial charge in [-0.25, -0.2) is 5.43 Å². The van der Waals surface area contributed by atoms with E-state index < -0.39 is 0 Å². The molecule has 2 rings (SSSR count). The van der Waals surface area contributed by atoms with Crippen LogP contribution in [0.5, 0.6) is 5.75 Å². The fourth-order valence-electron chi connectivity index (χ4n) is 2.39. The van der Waals surface area contributed by atoms with Gasteiger partial charge in [-0.05, 0) is 29.5 Å². The minimum atomic E-state index is 0.313. The number of ether oxygens (including phenoxy) is 1. The minimum absolute atomic E-state index is 0.313. The van der Waals surface area contributed by atoms with Gasteiger partial charge in [-0.3, -0.25) is 5.43 Å². The van der Waals surface area contributed by atoms with E-state index in [0.29, 0.717) is 30.5 Å². The molecule has 1 aromatic rings. The summed E-state index contributed by atoms with van der Waals surface area (Å²) in [5, 5.41) is 0. The van der Waals surface area contributed by atoms with E-state index in [1.807, 2.05) is 12.1 Å². The van der Waals surface area contributed by atoms with Crippen LogP contribution in [0.1, 0.15) is 32.4 Å². The van der Waals surface area contributed by atoms with Gasteiger partial charge < -0.3 is 10.5 Å². The van der Waals surface area contributed by atoms with Crippen molar-refractivity contribution in [2.75, 3.05) is 13.2 Å². The Labute approximate surface area is 115 Å². The third-order valence-corrected chi connectivity index (χ3v) is 3.66. The molecule has 0 aromatic heterocycles. The van der Waals surface area contributed by atoms with E-state index >= 15 is 0 Å². The number of benzene rings is 1. The highest BCUT2D eigenvalue weighted by molar-refractivity contribution is 5.30. The summed E-state index contributed by atoms with van der Waals surface area (Å²) >= 11 is 0. The summed E-state index contributed by atoms with van der Waals surface area (Å²) in [5.41, 5.74) is 13.6. The molecule has 1 saturated heterocycles. The van der Waals surface area contributed by atoms with Gasteiger partial charge in [-0.1, -0.05) is 32.9 Å². The zero-order valence-electron chi connectivity index (χ0n) is 12.0. The van der Waals surface area contributed by atoms with E-state index in [4.69, 9.17) is 10.5 Å². The molecule has 0 spiro atoms. The van der Waals surface area contributed by atoms with Crippen molar-refractivity contribution in [2.24, 2.45) is 17.6 Å². The Morgan fingerprint density at radius 1 is 1.21 bits per heavy atom. The number of hydrogen-bond acceptors (Lipinski definition) is 4. The monoisotopic (exact) mass is 263 g/mol. The minimum Gasteiger partial charge on any atom is -0.493 e. The largest absolute Gasteiger partial charge is 0.493 e. The van der Waals surface area contributed by atoms with Crippen LogP contribution in [-0.2, 0) is 0 Å². The Hall–Kier alpha value is -1.10. The van der Waals surface area contributed by atoms with Crippen LogP contribution in [0.15, 0.2) is 24.3 Å². The van der Waals surface area contributed by atoms with Gasteiger partial charge in [0.25, 0.3) is 0 Å². The highest BCUT2D eigenvalue weighted by Gasteiger charge is 2.32. The van der Waals surface area contributed by atoms with E-state index in [0.717, 1.165) is 12.4 Å². The first-order valence-electron chi connectivity index (χ1n) is 7.05. The van der Waals surface area contributed by atoms with Gasteiger partial charge in [0, 0.05) is 12.6 Å². The zero-order chi connectivity index (χ0) is 13.8. The molecule has 1 aliphatic rings. The highest BCUT2D eigenvalue weighted by atomic mass is 16.5. The molecule has 0 aliphatic carbocycles. The Morgan fingerprint density at radius 2 is 1.89 bits per heavy atom. The topological polar surface area (TPSA) is 59.3 Å². The predicted molar refractivity (Wildman–Crippen MR) is 77.8 cm³/mol. The van der Waals surface area contributed by atoms with Gasteiger partial charge in [0.05, 0.1) is 12.6 Å². The molecule has 4 heteroatoms. The Bertz CT molecular complexity index is 391. The maximum Gasteiger partial charge on any atom is 0.119 e.